The number of nitrogens with zero attached hydrogens (tertiary/aromatic N) is 2. The first-order chi connectivity index (χ1) is 14.9. The molecule has 0 radical (unpaired) electrons. The molecule has 31 heavy (non-hydrogen) atoms. The van der Waals surface area contributed by atoms with E-state index in [1.807, 2.05) is 11.8 Å². The highest BCUT2D eigenvalue weighted by Gasteiger charge is 2.74. The summed E-state index contributed by atoms with van der Waals surface area (Å²) in [4.78, 5) is 44.2. The topological polar surface area (TPSA) is 69.7 Å². The van der Waals surface area contributed by atoms with Gasteiger partial charge in [0, 0.05) is 22.3 Å². The van der Waals surface area contributed by atoms with Crippen molar-refractivity contribution < 1.29 is 18.8 Å². The van der Waals surface area contributed by atoms with Crippen LogP contribution in [0.3, 0.4) is 0 Å². The number of nitrogens with one attached hydrogen (secondary N) is 1. The molecular formula is C23H19ClFN3O3. The fourth-order valence-corrected chi connectivity index (χ4v) is 6.40. The second-order valence-electron chi connectivity index (χ2n) is 8.76. The van der Waals surface area contributed by atoms with Gasteiger partial charge in [-0.05, 0) is 62.2 Å². The average Bonchev–Trinajstić information content (AvgIpc) is 3.43. The average molecular weight is 440 g/mol. The number of halogens is 2. The van der Waals surface area contributed by atoms with Gasteiger partial charge in [0.05, 0.1) is 17.5 Å². The molecule has 0 aromatic heterocycles. The standard InChI is InChI=1S/C23H19ClFN3O3/c1-11-4-5-12(24)9-17(11)28-20(29)18-16-3-2-8-27(16)23(19(18)21(28)30)14-10-13(25)6-7-15(14)26-22(23)31/h4-7,9-10,16,18-19H,2-3,8H2,1H3,(H,26,31)/t16-,18+,19+,23+/m1/s1. The number of hydrogen-bond acceptors (Lipinski definition) is 4. The molecule has 1 N–H and O–H groups in total. The maximum absolute atomic E-state index is 14.3. The quantitative estimate of drug-likeness (QED) is 0.693. The Morgan fingerprint density at radius 2 is 1.94 bits per heavy atom. The van der Waals surface area contributed by atoms with Crippen molar-refractivity contribution in [1.82, 2.24) is 4.90 Å². The van der Waals surface area contributed by atoms with Crippen LogP contribution in [-0.4, -0.2) is 35.2 Å². The highest BCUT2D eigenvalue weighted by Crippen LogP contribution is 2.60. The Kier molecular flexibility index (Phi) is 3.76. The number of fused-ring (bicyclic) bond motifs is 7. The van der Waals surface area contributed by atoms with Crippen molar-refractivity contribution in [2.75, 3.05) is 16.8 Å². The van der Waals surface area contributed by atoms with Crippen LogP contribution in [0.15, 0.2) is 36.4 Å². The predicted molar refractivity (Wildman–Crippen MR) is 112 cm³/mol. The molecule has 2 aromatic carbocycles. The fourth-order valence-electron chi connectivity index (χ4n) is 6.24. The normalized spacial score (nSPS) is 31.4. The molecule has 4 aliphatic heterocycles. The molecule has 0 saturated carbocycles. The molecule has 1 spiro atoms. The van der Waals surface area contributed by atoms with E-state index < -0.39 is 29.1 Å². The Balaban J connectivity index is 1.58. The Labute approximate surface area is 183 Å². The van der Waals surface area contributed by atoms with Gasteiger partial charge in [-0.25, -0.2) is 9.29 Å². The number of rotatable bonds is 1. The van der Waals surface area contributed by atoms with Crippen molar-refractivity contribution in [1.29, 1.82) is 0 Å². The van der Waals surface area contributed by atoms with Gasteiger partial charge in [-0.3, -0.25) is 19.3 Å². The van der Waals surface area contributed by atoms with E-state index in [4.69, 9.17) is 11.6 Å². The van der Waals surface area contributed by atoms with E-state index in [9.17, 15) is 18.8 Å². The van der Waals surface area contributed by atoms with Crippen LogP contribution in [0.4, 0.5) is 15.8 Å². The number of carbonyl (C=O) groups is 3. The molecule has 3 amide bonds. The summed E-state index contributed by atoms with van der Waals surface area (Å²) in [5.74, 6) is -3.15. The first kappa shape index (κ1) is 19.0. The van der Waals surface area contributed by atoms with Crippen molar-refractivity contribution in [2.24, 2.45) is 11.8 Å². The molecule has 2 aromatic rings. The lowest BCUT2D eigenvalue weighted by molar-refractivity contribution is -0.135. The number of aryl methyl sites for hydroxylation is 1. The number of carbonyl (C=O) groups excluding carboxylic acids is 3. The molecule has 8 heteroatoms. The third-order valence-corrected chi connectivity index (χ3v) is 7.60. The van der Waals surface area contributed by atoms with Crippen molar-refractivity contribution in [3.05, 3.63) is 58.4 Å². The van der Waals surface area contributed by atoms with Gasteiger partial charge in [0.25, 0.3) is 0 Å². The van der Waals surface area contributed by atoms with Crippen molar-refractivity contribution in [3.8, 4) is 0 Å². The summed E-state index contributed by atoms with van der Waals surface area (Å²) in [6.45, 7) is 2.39. The Morgan fingerprint density at radius 1 is 1.13 bits per heavy atom. The lowest BCUT2D eigenvalue weighted by Gasteiger charge is -2.36. The lowest BCUT2D eigenvalue weighted by atomic mass is 9.75. The maximum Gasteiger partial charge on any atom is 0.250 e. The summed E-state index contributed by atoms with van der Waals surface area (Å²) in [5, 5.41) is 3.26. The molecule has 4 aliphatic rings. The number of hydrogen-bond donors (Lipinski definition) is 1. The predicted octanol–water partition coefficient (Wildman–Crippen LogP) is 3.22. The number of anilines is 2. The molecule has 0 aliphatic carbocycles. The fraction of sp³-hybridized carbons (Fsp3) is 0.348. The van der Waals surface area contributed by atoms with Crippen molar-refractivity contribution in [2.45, 2.75) is 31.3 Å². The largest absolute Gasteiger partial charge is 0.324 e. The molecule has 0 unspecified atom stereocenters. The van der Waals surface area contributed by atoms with E-state index in [1.54, 1.807) is 18.2 Å². The highest BCUT2D eigenvalue weighted by molar-refractivity contribution is 6.32. The van der Waals surface area contributed by atoms with Crippen LogP contribution in [0.1, 0.15) is 24.0 Å². The zero-order valence-electron chi connectivity index (χ0n) is 16.7. The van der Waals surface area contributed by atoms with Crippen LogP contribution in [0, 0.1) is 24.6 Å². The molecule has 6 nitrogen and oxygen atoms in total. The van der Waals surface area contributed by atoms with E-state index in [-0.39, 0.29) is 17.9 Å². The number of benzene rings is 2. The van der Waals surface area contributed by atoms with E-state index in [2.05, 4.69) is 5.32 Å². The van der Waals surface area contributed by atoms with Gasteiger partial charge < -0.3 is 5.32 Å². The van der Waals surface area contributed by atoms with E-state index in [0.29, 0.717) is 34.9 Å². The monoisotopic (exact) mass is 439 g/mol. The Bertz CT molecular complexity index is 1200. The second kappa shape index (κ2) is 6.14. The minimum Gasteiger partial charge on any atom is -0.324 e. The molecule has 158 valence electrons. The summed E-state index contributed by atoms with van der Waals surface area (Å²) in [7, 11) is 0. The molecular weight excluding hydrogens is 421 g/mol. The van der Waals surface area contributed by atoms with E-state index in [1.165, 1.54) is 23.1 Å². The van der Waals surface area contributed by atoms with Gasteiger partial charge in [-0.15, -0.1) is 0 Å². The zero-order chi connectivity index (χ0) is 21.7. The van der Waals surface area contributed by atoms with Crippen LogP contribution in [0.2, 0.25) is 5.02 Å². The van der Waals surface area contributed by atoms with Gasteiger partial charge >= 0.3 is 0 Å². The first-order valence-corrected chi connectivity index (χ1v) is 10.8. The van der Waals surface area contributed by atoms with Gasteiger partial charge in [-0.1, -0.05) is 17.7 Å². The van der Waals surface area contributed by atoms with Crippen LogP contribution in [0.5, 0.6) is 0 Å². The molecule has 3 fully saturated rings. The second-order valence-corrected chi connectivity index (χ2v) is 9.20. The third kappa shape index (κ3) is 2.18. The van der Waals surface area contributed by atoms with Gasteiger partial charge in [0.1, 0.15) is 11.4 Å². The SMILES string of the molecule is Cc1ccc(Cl)cc1N1C(=O)[C@H]2[C@H]3CCCN3[C@]3(C(=O)Nc4ccc(F)cc43)[C@@H]2C1=O. The van der Waals surface area contributed by atoms with Gasteiger partial charge in [0.2, 0.25) is 17.7 Å². The molecule has 4 heterocycles. The minimum absolute atomic E-state index is 0.245. The minimum atomic E-state index is -1.38. The Hall–Kier alpha value is -2.77. The third-order valence-electron chi connectivity index (χ3n) is 7.37. The summed E-state index contributed by atoms with van der Waals surface area (Å²) in [5.41, 5.74) is 0.746. The van der Waals surface area contributed by atoms with Gasteiger partial charge in [0.15, 0.2) is 0 Å². The summed E-state index contributed by atoms with van der Waals surface area (Å²) in [6.07, 6.45) is 1.52. The number of imide groups is 1. The van der Waals surface area contributed by atoms with Crippen LogP contribution in [0.25, 0.3) is 0 Å². The van der Waals surface area contributed by atoms with Crippen LogP contribution < -0.4 is 10.2 Å². The summed E-state index contributed by atoms with van der Waals surface area (Å²) < 4.78 is 14.3. The summed E-state index contributed by atoms with van der Waals surface area (Å²) >= 11 is 6.17. The van der Waals surface area contributed by atoms with Crippen molar-refractivity contribution >= 4 is 40.7 Å². The first-order valence-electron chi connectivity index (χ1n) is 10.4. The molecule has 3 saturated heterocycles. The smallest absolute Gasteiger partial charge is 0.250 e. The Morgan fingerprint density at radius 3 is 2.74 bits per heavy atom. The van der Waals surface area contributed by atoms with Gasteiger partial charge in [-0.2, -0.15) is 0 Å². The lowest BCUT2D eigenvalue weighted by Crippen LogP contribution is -2.54. The van der Waals surface area contributed by atoms with Crippen LogP contribution in [-0.2, 0) is 19.9 Å². The molecule has 4 atom stereocenters. The zero-order valence-corrected chi connectivity index (χ0v) is 17.4. The summed E-state index contributed by atoms with van der Waals surface area (Å²) in [6, 6.07) is 8.97. The van der Waals surface area contributed by atoms with Crippen molar-refractivity contribution in [3.63, 3.8) is 0 Å². The van der Waals surface area contributed by atoms with E-state index in [0.717, 1.165) is 12.0 Å². The van der Waals surface area contributed by atoms with E-state index >= 15 is 0 Å². The highest BCUT2D eigenvalue weighted by atomic mass is 35.5. The number of amides is 3. The van der Waals surface area contributed by atoms with Crippen LogP contribution >= 0.6 is 11.6 Å². The molecule has 0 bridgehead atoms. The maximum atomic E-state index is 14.3. The molecule has 6 rings (SSSR count).